The van der Waals surface area contributed by atoms with Crippen LogP contribution in [0.2, 0.25) is 0 Å². The zero-order chi connectivity index (χ0) is 9.68. The van der Waals surface area contributed by atoms with Crippen molar-refractivity contribution >= 4 is 5.97 Å². The molecule has 76 valence electrons. The maximum Gasteiger partial charge on any atom is 0.308 e. The Balaban J connectivity index is 2.18. The SMILES string of the molecule is CC(O)CC(=O)OC1CCCCC1. The smallest absolute Gasteiger partial charge is 0.308 e. The van der Waals surface area contributed by atoms with Crippen LogP contribution in [-0.2, 0) is 9.53 Å². The molecule has 1 N–H and O–H groups in total. The lowest BCUT2D eigenvalue weighted by atomic mass is 9.98. The van der Waals surface area contributed by atoms with Crippen molar-refractivity contribution in [3.63, 3.8) is 0 Å². The number of carbonyl (C=O) groups excluding carboxylic acids is 1. The van der Waals surface area contributed by atoms with E-state index in [1.165, 1.54) is 6.42 Å². The number of hydrogen-bond donors (Lipinski definition) is 1. The molecule has 0 amide bonds. The Kier molecular flexibility index (Phi) is 4.22. The lowest BCUT2D eigenvalue weighted by Crippen LogP contribution is -2.22. The van der Waals surface area contributed by atoms with Crippen molar-refractivity contribution < 1.29 is 14.6 Å². The summed E-state index contributed by atoms with van der Waals surface area (Å²) in [4.78, 5) is 11.1. The molecule has 0 aliphatic heterocycles. The Morgan fingerprint density at radius 2 is 2.08 bits per heavy atom. The van der Waals surface area contributed by atoms with Gasteiger partial charge in [0.25, 0.3) is 0 Å². The van der Waals surface area contributed by atoms with E-state index in [1.807, 2.05) is 0 Å². The summed E-state index contributed by atoms with van der Waals surface area (Å²) < 4.78 is 5.20. The van der Waals surface area contributed by atoms with Crippen molar-refractivity contribution in [3.05, 3.63) is 0 Å². The zero-order valence-electron chi connectivity index (χ0n) is 8.16. The lowest BCUT2D eigenvalue weighted by Gasteiger charge is -2.21. The zero-order valence-corrected chi connectivity index (χ0v) is 8.16. The summed E-state index contributed by atoms with van der Waals surface area (Å²) in [6.07, 6.45) is 5.20. The van der Waals surface area contributed by atoms with Crippen LogP contribution in [0.4, 0.5) is 0 Å². The van der Waals surface area contributed by atoms with Gasteiger partial charge in [-0.3, -0.25) is 4.79 Å². The molecule has 1 aliphatic carbocycles. The van der Waals surface area contributed by atoms with Gasteiger partial charge in [-0.05, 0) is 32.6 Å². The summed E-state index contributed by atoms with van der Waals surface area (Å²) in [5, 5.41) is 8.95. The van der Waals surface area contributed by atoms with Crippen molar-refractivity contribution in [2.75, 3.05) is 0 Å². The molecular weight excluding hydrogens is 168 g/mol. The third-order valence-electron chi connectivity index (χ3n) is 2.31. The van der Waals surface area contributed by atoms with E-state index < -0.39 is 6.10 Å². The molecule has 1 saturated carbocycles. The van der Waals surface area contributed by atoms with Crippen LogP contribution in [0.1, 0.15) is 45.4 Å². The molecule has 1 unspecified atom stereocenters. The molecule has 0 aromatic rings. The number of aliphatic hydroxyl groups is 1. The summed E-state index contributed by atoms with van der Waals surface area (Å²) in [7, 11) is 0. The molecule has 0 heterocycles. The predicted molar refractivity (Wildman–Crippen MR) is 49.3 cm³/mol. The third-order valence-corrected chi connectivity index (χ3v) is 2.31. The summed E-state index contributed by atoms with van der Waals surface area (Å²) in [6, 6.07) is 0. The van der Waals surface area contributed by atoms with E-state index in [0.717, 1.165) is 25.7 Å². The quantitative estimate of drug-likeness (QED) is 0.681. The van der Waals surface area contributed by atoms with Gasteiger partial charge in [0.15, 0.2) is 0 Å². The van der Waals surface area contributed by atoms with E-state index in [-0.39, 0.29) is 18.5 Å². The van der Waals surface area contributed by atoms with Crippen molar-refractivity contribution in [1.29, 1.82) is 0 Å². The Morgan fingerprint density at radius 1 is 1.46 bits per heavy atom. The van der Waals surface area contributed by atoms with Crippen LogP contribution in [0.25, 0.3) is 0 Å². The maximum absolute atomic E-state index is 11.1. The van der Waals surface area contributed by atoms with Gasteiger partial charge in [0, 0.05) is 0 Å². The van der Waals surface area contributed by atoms with Crippen LogP contribution in [-0.4, -0.2) is 23.3 Å². The van der Waals surface area contributed by atoms with E-state index in [1.54, 1.807) is 6.92 Å². The topological polar surface area (TPSA) is 46.5 Å². The minimum atomic E-state index is -0.587. The molecule has 0 aromatic heterocycles. The molecule has 0 spiro atoms. The van der Waals surface area contributed by atoms with Crippen LogP contribution < -0.4 is 0 Å². The summed E-state index contributed by atoms with van der Waals surface area (Å²) in [5.74, 6) is -0.262. The van der Waals surface area contributed by atoms with Crippen molar-refractivity contribution in [1.82, 2.24) is 0 Å². The minimum Gasteiger partial charge on any atom is -0.462 e. The Labute approximate surface area is 79.1 Å². The van der Waals surface area contributed by atoms with Crippen molar-refractivity contribution in [2.45, 2.75) is 57.7 Å². The molecule has 3 heteroatoms. The van der Waals surface area contributed by atoms with Gasteiger partial charge in [-0.1, -0.05) is 6.42 Å². The first kappa shape index (κ1) is 10.5. The van der Waals surface area contributed by atoms with Gasteiger partial charge in [0.05, 0.1) is 12.5 Å². The van der Waals surface area contributed by atoms with Gasteiger partial charge in [-0.2, -0.15) is 0 Å². The van der Waals surface area contributed by atoms with Crippen LogP contribution in [0.15, 0.2) is 0 Å². The average molecular weight is 186 g/mol. The van der Waals surface area contributed by atoms with Crippen LogP contribution in [0.3, 0.4) is 0 Å². The molecule has 0 bridgehead atoms. The van der Waals surface area contributed by atoms with Crippen molar-refractivity contribution in [2.24, 2.45) is 0 Å². The fourth-order valence-electron chi connectivity index (χ4n) is 1.66. The summed E-state index contributed by atoms with van der Waals surface area (Å²) >= 11 is 0. The van der Waals surface area contributed by atoms with Gasteiger partial charge in [-0.15, -0.1) is 0 Å². The van der Waals surface area contributed by atoms with Crippen LogP contribution >= 0.6 is 0 Å². The van der Waals surface area contributed by atoms with Gasteiger partial charge in [0.2, 0.25) is 0 Å². The molecule has 1 rings (SSSR count). The normalized spacial score (nSPS) is 21.1. The largest absolute Gasteiger partial charge is 0.462 e. The molecule has 13 heavy (non-hydrogen) atoms. The minimum absolute atomic E-state index is 0.111. The maximum atomic E-state index is 11.1. The molecule has 0 radical (unpaired) electrons. The van der Waals surface area contributed by atoms with Gasteiger partial charge >= 0.3 is 5.97 Å². The molecule has 1 fully saturated rings. The molecule has 1 aliphatic rings. The highest BCUT2D eigenvalue weighted by atomic mass is 16.5. The second-order valence-corrected chi connectivity index (χ2v) is 3.80. The molecule has 0 aromatic carbocycles. The second-order valence-electron chi connectivity index (χ2n) is 3.80. The Hall–Kier alpha value is -0.570. The fraction of sp³-hybridized carbons (Fsp3) is 0.900. The van der Waals surface area contributed by atoms with Gasteiger partial charge < -0.3 is 9.84 Å². The number of ether oxygens (including phenoxy) is 1. The lowest BCUT2D eigenvalue weighted by molar-refractivity contribution is -0.152. The number of hydrogen-bond acceptors (Lipinski definition) is 3. The van der Waals surface area contributed by atoms with Gasteiger partial charge in [0.1, 0.15) is 6.10 Å². The standard InChI is InChI=1S/C10H18O3/c1-8(11)7-10(12)13-9-5-3-2-4-6-9/h8-9,11H,2-7H2,1H3. The first-order valence-electron chi connectivity index (χ1n) is 5.06. The Morgan fingerprint density at radius 3 is 2.62 bits per heavy atom. The molecular formula is C10H18O3. The molecule has 0 saturated heterocycles. The van der Waals surface area contributed by atoms with E-state index in [0.29, 0.717) is 0 Å². The average Bonchev–Trinajstić information content (AvgIpc) is 2.04. The first-order chi connectivity index (χ1) is 6.18. The van der Waals surface area contributed by atoms with Crippen LogP contribution in [0, 0.1) is 0 Å². The van der Waals surface area contributed by atoms with Crippen molar-refractivity contribution in [3.8, 4) is 0 Å². The number of aliphatic hydroxyl groups excluding tert-OH is 1. The van der Waals surface area contributed by atoms with E-state index in [4.69, 9.17) is 9.84 Å². The van der Waals surface area contributed by atoms with Gasteiger partial charge in [-0.25, -0.2) is 0 Å². The number of rotatable bonds is 3. The third kappa shape index (κ3) is 4.27. The van der Waals surface area contributed by atoms with E-state index >= 15 is 0 Å². The Bertz CT molecular complexity index is 160. The van der Waals surface area contributed by atoms with E-state index in [9.17, 15) is 4.79 Å². The molecule has 3 nitrogen and oxygen atoms in total. The number of esters is 1. The second kappa shape index (κ2) is 5.22. The summed E-state index contributed by atoms with van der Waals surface area (Å²) in [6.45, 7) is 1.60. The highest BCUT2D eigenvalue weighted by Gasteiger charge is 2.18. The number of carbonyl (C=O) groups is 1. The predicted octanol–water partition coefficient (Wildman–Crippen LogP) is 1.63. The summed E-state index contributed by atoms with van der Waals surface area (Å²) in [5.41, 5.74) is 0. The van der Waals surface area contributed by atoms with E-state index in [2.05, 4.69) is 0 Å². The highest BCUT2D eigenvalue weighted by molar-refractivity contribution is 5.70. The van der Waals surface area contributed by atoms with Crippen LogP contribution in [0.5, 0.6) is 0 Å². The molecule has 1 atom stereocenters. The first-order valence-corrected chi connectivity index (χ1v) is 5.06. The monoisotopic (exact) mass is 186 g/mol. The highest BCUT2D eigenvalue weighted by Crippen LogP contribution is 2.20. The fourth-order valence-corrected chi connectivity index (χ4v) is 1.66.